The highest BCUT2D eigenvalue weighted by Crippen LogP contribution is 2.17. The topological polar surface area (TPSA) is 77.1 Å². The highest BCUT2D eigenvalue weighted by Gasteiger charge is 2.21. The van der Waals surface area contributed by atoms with Crippen molar-refractivity contribution in [2.45, 2.75) is 19.6 Å². The minimum Gasteiger partial charge on any atom is -0.386 e. The van der Waals surface area contributed by atoms with E-state index in [1.54, 1.807) is 24.5 Å². The molecule has 2 aromatic rings. The second-order valence-electron chi connectivity index (χ2n) is 6.49. The van der Waals surface area contributed by atoms with E-state index >= 15 is 0 Å². The van der Waals surface area contributed by atoms with Gasteiger partial charge in [-0.05, 0) is 13.0 Å². The van der Waals surface area contributed by atoms with Crippen LogP contribution in [0, 0.1) is 5.82 Å². The maximum absolute atomic E-state index is 13.8. The summed E-state index contributed by atoms with van der Waals surface area (Å²) in [5, 5.41) is 17.5. The summed E-state index contributed by atoms with van der Waals surface area (Å²) in [5.41, 5.74) is 1.20. The molecule has 1 fully saturated rings. The van der Waals surface area contributed by atoms with Crippen molar-refractivity contribution >= 4 is 5.96 Å². The summed E-state index contributed by atoms with van der Waals surface area (Å²) in [5.74, 6) is 0.334. The quantitative estimate of drug-likeness (QED) is 0.590. The smallest absolute Gasteiger partial charge is 0.194 e. The molecule has 3 rings (SSSR count). The van der Waals surface area contributed by atoms with Crippen molar-refractivity contribution < 1.29 is 14.0 Å². The number of hydrogen-bond acceptors (Lipinski definition) is 5. The van der Waals surface area contributed by atoms with Gasteiger partial charge < -0.3 is 19.8 Å². The van der Waals surface area contributed by atoms with E-state index in [9.17, 15) is 9.50 Å². The van der Waals surface area contributed by atoms with E-state index in [1.807, 2.05) is 13.0 Å². The third-order valence-corrected chi connectivity index (χ3v) is 4.56. The number of nitrogens with one attached hydrogen (secondary N) is 1. The first-order valence-electron chi connectivity index (χ1n) is 9.24. The lowest BCUT2D eigenvalue weighted by Gasteiger charge is -2.36. The van der Waals surface area contributed by atoms with Crippen LogP contribution in [0.5, 0.6) is 0 Å². The molecule has 7 nitrogen and oxygen atoms in total. The molecule has 1 atom stereocenters. The van der Waals surface area contributed by atoms with Crippen LogP contribution >= 0.6 is 0 Å². The van der Waals surface area contributed by atoms with Gasteiger partial charge in [0, 0.05) is 50.9 Å². The van der Waals surface area contributed by atoms with Gasteiger partial charge in [-0.15, -0.1) is 0 Å². The van der Waals surface area contributed by atoms with Crippen molar-refractivity contribution in [1.82, 2.24) is 20.3 Å². The number of piperazine rings is 1. The minimum atomic E-state index is -0.965. The highest BCUT2D eigenvalue weighted by atomic mass is 19.1. The number of aromatic nitrogens is 1. The van der Waals surface area contributed by atoms with Gasteiger partial charge in [0.15, 0.2) is 5.96 Å². The molecule has 1 unspecified atom stereocenters. The predicted octanol–water partition coefficient (Wildman–Crippen LogP) is 1.63. The Bertz CT molecular complexity index is 729. The zero-order chi connectivity index (χ0) is 19.1. The molecule has 146 valence electrons. The Hall–Kier alpha value is -2.45. The number of hydrogen-bond donors (Lipinski definition) is 2. The molecule has 0 spiro atoms. The average molecular weight is 375 g/mol. The lowest BCUT2D eigenvalue weighted by molar-refractivity contribution is 0.165. The average Bonchev–Trinajstić information content (AvgIpc) is 3.19. The summed E-state index contributed by atoms with van der Waals surface area (Å²) in [6.45, 7) is 7.02. The monoisotopic (exact) mass is 375 g/mol. The maximum atomic E-state index is 13.8. The van der Waals surface area contributed by atoms with Gasteiger partial charge in [-0.1, -0.05) is 23.4 Å². The van der Waals surface area contributed by atoms with Gasteiger partial charge in [0.25, 0.3) is 0 Å². The van der Waals surface area contributed by atoms with Crippen LogP contribution in [0.15, 0.2) is 46.1 Å². The second-order valence-corrected chi connectivity index (χ2v) is 6.49. The van der Waals surface area contributed by atoms with Crippen LogP contribution in [0.4, 0.5) is 4.39 Å². The van der Waals surface area contributed by atoms with Crippen LogP contribution in [-0.2, 0) is 6.54 Å². The fourth-order valence-corrected chi connectivity index (χ4v) is 3.11. The highest BCUT2D eigenvalue weighted by molar-refractivity contribution is 5.80. The van der Waals surface area contributed by atoms with Crippen molar-refractivity contribution in [3.63, 3.8) is 0 Å². The van der Waals surface area contributed by atoms with Gasteiger partial charge in [0.05, 0.1) is 12.2 Å². The number of guanidine groups is 1. The first kappa shape index (κ1) is 19.3. The first-order valence-corrected chi connectivity index (χ1v) is 9.24. The van der Waals surface area contributed by atoms with E-state index in [0.717, 1.165) is 50.9 Å². The van der Waals surface area contributed by atoms with E-state index in [1.165, 1.54) is 6.07 Å². The van der Waals surface area contributed by atoms with Gasteiger partial charge in [0.2, 0.25) is 0 Å². The maximum Gasteiger partial charge on any atom is 0.194 e. The van der Waals surface area contributed by atoms with E-state index in [0.29, 0.717) is 0 Å². The van der Waals surface area contributed by atoms with Gasteiger partial charge in [0.1, 0.15) is 18.2 Å². The Labute approximate surface area is 158 Å². The van der Waals surface area contributed by atoms with E-state index in [-0.39, 0.29) is 12.1 Å². The van der Waals surface area contributed by atoms with Crippen molar-refractivity contribution in [2.75, 3.05) is 39.3 Å². The summed E-state index contributed by atoms with van der Waals surface area (Å²) in [6.07, 6.45) is 0.621. The Morgan fingerprint density at radius 1 is 1.30 bits per heavy atom. The number of aliphatic hydroxyl groups is 1. The van der Waals surface area contributed by atoms with E-state index in [2.05, 4.69) is 25.3 Å². The number of benzene rings is 1. The van der Waals surface area contributed by atoms with E-state index in [4.69, 9.17) is 4.52 Å². The molecule has 1 aromatic carbocycles. The molecule has 0 saturated carbocycles. The Morgan fingerprint density at radius 2 is 2.07 bits per heavy atom. The molecule has 0 amide bonds. The van der Waals surface area contributed by atoms with Crippen molar-refractivity contribution in [1.29, 1.82) is 0 Å². The summed E-state index contributed by atoms with van der Waals surface area (Å²) < 4.78 is 18.7. The third kappa shape index (κ3) is 5.27. The van der Waals surface area contributed by atoms with Gasteiger partial charge in [-0.2, -0.15) is 0 Å². The molecule has 1 aromatic heterocycles. The number of nitrogens with zero attached hydrogens (tertiary/aromatic N) is 4. The number of rotatable bonds is 6. The Balaban J connectivity index is 1.57. The number of halogens is 1. The predicted molar refractivity (Wildman–Crippen MR) is 101 cm³/mol. The van der Waals surface area contributed by atoms with Crippen molar-refractivity contribution in [3.8, 4) is 0 Å². The second kappa shape index (κ2) is 9.48. The summed E-state index contributed by atoms with van der Waals surface area (Å²) >= 11 is 0. The van der Waals surface area contributed by atoms with Gasteiger partial charge in [-0.25, -0.2) is 4.39 Å². The molecular weight excluding hydrogens is 349 g/mol. The van der Waals surface area contributed by atoms with Gasteiger partial charge in [-0.3, -0.25) is 9.89 Å². The molecule has 2 N–H and O–H groups in total. The van der Waals surface area contributed by atoms with Crippen LogP contribution in [0.25, 0.3) is 0 Å². The Kier molecular flexibility index (Phi) is 6.78. The summed E-state index contributed by atoms with van der Waals surface area (Å²) in [7, 11) is 0. The molecule has 27 heavy (non-hydrogen) atoms. The van der Waals surface area contributed by atoms with Gasteiger partial charge >= 0.3 is 0 Å². The molecule has 2 heterocycles. The zero-order valence-corrected chi connectivity index (χ0v) is 15.5. The standard InChI is InChI=1S/C19H26FN5O2/c1-2-21-19(22-13-18(26)16-5-3-4-6-17(16)20)25-10-8-24(9-11-25)14-15-7-12-27-23-15/h3-7,12,18,26H,2,8-11,13-14H2,1H3,(H,21,22). The van der Waals surface area contributed by atoms with Crippen LogP contribution in [0.3, 0.4) is 0 Å². The van der Waals surface area contributed by atoms with Crippen molar-refractivity contribution in [2.24, 2.45) is 4.99 Å². The lowest BCUT2D eigenvalue weighted by atomic mass is 10.1. The molecule has 0 radical (unpaired) electrons. The molecule has 1 aliphatic rings. The Morgan fingerprint density at radius 3 is 2.74 bits per heavy atom. The number of aliphatic hydroxyl groups excluding tert-OH is 1. The fraction of sp³-hybridized carbons (Fsp3) is 0.474. The largest absolute Gasteiger partial charge is 0.386 e. The molecule has 0 aliphatic carbocycles. The normalized spacial score (nSPS) is 17.1. The minimum absolute atomic E-state index is 0.114. The SMILES string of the molecule is CCNC(=NCC(O)c1ccccc1F)N1CCN(Cc2ccon2)CC1. The molecule has 8 heteroatoms. The van der Waals surface area contributed by atoms with Crippen LogP contribution in [0.1, 0.15) is 24.3 Å². The van der Waals surface area contributed by atoms with Crippen LogP contribution < -0.4 is 5.32 Å². The fourth-order valence-electron chi connectivity index (χ4n) is 3.11. The lowest BCUT2D eigenvalue weighted by Crippen LogP contribution is -2.52. The third-order valence-electron chi connectivity index (χ3n) is 4.56. The van der Waals surface area contributed by atoms with E-state index < -0.39 is 11.9 Å². The molecule has 0 bridgehead atoms. The zero-order valence-electron chi connectivity index (χ0n) is 15.5. The van der Waals surface area contributed by atoms with Crippen LogP contribution in [0.2, 0.25) is 0 Å². The van der Waals surface area contributed by atoms with Crippen molar-refractivity contribution in [3.05, 3.63) is 53.7 Å². The van der Waals surface area contributed by atoms with Crippen LogP contribution in [-0.4, -0.2) is 65.3 Å². The number of aliphatic imine (C=N–C) groups is 1. The molecular formula is C19H26FN5O2. The first-order chi connectivity index (χ1) is 13.2. The molecule has 1 saturated heterocycles. The summed E-state index contributed by atoms with van der Waals surface area (Å²) in [4.78, 5) is 9.00. The molecule has 1 aliphatic heterocycles. The summed E-state index contributed by atoms with van der Waals surface area (Å²) in [6, 6.07) is 8.14.